The minimum Gasteiger partial charge on any atom is -0.469 e. The average Bonchev–Trinajstić information content (AvgIpc) is 2.34. The number of aliphatic hydroxyl groups excluding tert-OH is 1. The Bertz CT molecular complexity index is 133. The van der Waals surface area contributed by atoms with E-state index in [0.717, 1.165) is 19.3 Å². The number of hydrogen-bond acceptors (Lipinski definition) is 3. The Morgan fingerprint density at radius 3 is 2.70 bits per heavy atom. The third-order valence-corrected chi connectivity index (χ3v) is 1.98. The smallest absolute Gasteiger partial charge is 0.311 e. The van der Waals surface area contributed by atoms with E-state index in [1.165, 1.54) is 7.11 Å². The second kappa shape index (κ2) is 3.01. The number of esters is 1. The quantitative estimate of drug-likeness (QED) is 0.539. The van der Waals surface area contributed by atoms with Crippen LogP contribution in [0, 0.1) is 5.92 Å². The number of rotatable bonds is 1. The van der Waals surface area contributed by atoms with Crippen LogP contribution in [0.2, 0.25) is 0 Å². The Hall–Kier alpha value is -0.570. The monoisotopic (exact) mass is 144 g/mol. The lowest BCUT2D eigenvalue weighted by Crippen LogP contribution is -2.23. The van der Waals surface area contributed by atoms with Gasteiger partial charge in [0.1, 0.15) is 0 Å². The molecule has 1 saturated carbocycles. The van der Waals surface area contributed by atoms with E-state index in [1.54, 1.807) is 0 Å². The lowest BCUT2D eigenvalue weighted by atomic mass is 10.1. The van der Waals surface area contributed by atoms with Crippen molar-refractivity contribution in [3.63, 3.8) is 0 Å². The summed E-state index contributed by atoms with van der Waals surface area (Å²) < 4.78 is 4.51. The van der Waals surface area contributed by atoms with Gasteiger partial charge in [0.05, 0.1) is 19.1 Å². The van der Waals surface area contributed by atoms with E-state index in [2.05, 4.69) is 4.74 Å². The summed E-state index contributed by atoms with van der Waals surface area (Å²) in [4.78, 5) is 10.8. The van der Waals surface area contributed by atoms with Crippen molar-refractivity contribution in [2.45, 2.75) is 25.4 Å². The van der Waals surface area contributed by atoms with Gasteiger partial charge < -0.3 is 9.84 Å². The molecule has 0 heterocycles. The zero-order valence-corrected chi connectivity index (χ0v) is 6.04. The molecular weight excluding hydrogens is 132 g/mol. The maximum absolute atomic E-state index is 10.8. The van der Waals surface area contributed by atoms with Gasteiger partial charge in [-0.1, -0.05) is 0 Å². The van der Waals surface area contributed by atoms with Gasteiger partial charge in [-0.25, -0.2) is 0 Å². The molecule has 1 aliphatic carbocycles. The summed E-state index contributed by atoms with van der Waals surface area (Å²) in [6, 6.07) is 0. The predicted molar refractivity (Wildman–Crippen MR) is 35.4 cm³/mol. The number of carbonyl (C=O) groups is 1. The molecule has 0 spiro atoms. The number of ether oxygens (including phenoxy) is 1. The first-order valence-corrected chi connectivity index (χ1v) is 3.51. The van der Waals surface area contributed by atoms with Crippen molar-refractivity contribution in [3.05, 3.63) is 0 Å². The van der Waals surface area contributed by atoms with Crippen LogP contribution in [0.5, 0.6) is 0 Å². The van der Waals surface area contributed by atoms with E-state index in [-0.39, 0.29) is 11.9 Å². The summed E-state index contributed by atoms with van der Waals surface area (Å²) in [5.74, 6) is -0.532. The first-order chi connectivity index (χ1) is 4.75. The summed E-state index contributed by atoms with van der Waals surface area (Å²) in [6.07, 6.45) is 1.97. The Labute approximate surface area is 60.0 Å². The molecule has 0 aromatic carbocycles. The molecule has 0 aliphatic heterocycles. The highest BCUT2D eigenvalue weighted by Gasteiger charge is 2.31. The van der Waals surface area contributed by atoms with Gasteiger partial charge in [-0.3, -0.25) is 4.79 Å². The van der Waals surface area contributed by atoms with Gasteiger partial charge in [0.15, 0.2) is 0 Å². The highest BCUT2D eigenvalue weighted by Crippen LogP contribution is 2.26. The molecule has 0 amide bonds. The molecule has 58 valence electrons. The van der Waals surface area contributed by atoms with Crippen molar-refractivity contribution in [2.24, 2.45) is 5.92 Å². The Morgan fingerprint density at radius 2 is 2.30 bits per heavy atom. The molecule has 0 radical (unpaired) electrons. The zero-order chi connectivity index (χ0) is 7.56. The van der Waals surface area contributed by atoms with E-state index in [1.807, 2.05) is 0 Å². The molecule has 2 atom stereocenters. The zero-order valence-electron chi connectivity index (χ0n) is 6.04. The van der Waals surface area contributed by atoms with Gasteiger partial charge in [0, 0.05) is 0 Å². The first kappa shape index (κ1) is 7.54. The molecule has 3 nitrogen and oxygen atoms in total. The average molecular weight is 144 g/mol. The molecule has 1 fully saturated rings. The molecule has 10 heavy (non-hydrogen) atoms. The van der Waals surface area contributed by atoms with Gasteiger partial charge in [0.25, 0.3) is 0 Å². The van der Waals surface area contributed by atoms with Crippen LogP contribution >= 0.6 is 0 Å². The van der Waals surface area contributed by atoms with Crippen molar-refractivity contribution in [1.82, 2.24) is 0 Å². The third-order valence-electron chi connectivity index (χ3n) is 1.98. The van der Waals surface area contributed by atoms with Crippen LogP contribution in [0.3, 0.4) is 0 Å². The lowest BCUT2D eigenvalue weighted by molar-refractivity contribution is -0.148. The normalized spacial score (nSPS) is 32.2. The van der Waals surface area contributed by atoms with Gasteiger partial charge >= 0.3 is 5.97 Å². The van der Waals surface area contributed by atoms with Crippen LogP contribution in [-0.4, -0.2) is 24.3 Å². The third kappa shape index (κ3) is 1.29. The van der Waals surface area contributed by atoms with Gasteiger partial charge in [0.2, 0.25) is 0 Å². The molecule has 1 aliphatic rings. The molecule has 0 aromatic heterocycles. The van der Waals surface area contributed by atoms with Crippen LogP contribution in [0.1, 0.15) is 19.3 Å². The Balaban J connectivity index is 2.46. The van der Waals surface area contributed by atoms with Crippen LogP contribution in [0.25, 0.3) is 0 Å². The SMILES string of the molecule is COC(=O)[C@H]1CCC[C@H]1O. The van der Waals surface area contributed by atoms with Crippen LogP contribution in [-0.2, 0) is 9.53 Å². The fraction of sp³-hybridized carbons (Fsp3) is 0.857. The fourth-order valence-corrected chi connectivity index (χ4v) is 1.37. The van der Waals surface area contributed by atoms with E-state index < -0.39 is 6.10 Å². The van der Waals surface area contributed by atoms with E-state index >= 15 is 0 Å². The van der Waals surface area contributed by atoms with Crippen molar-refractivity contribution >= 4 is 5.97 Å². The van der Waals surface area contributed by atoms with E-state index in [0.29, 0.717) is 0 Å². The van der Waals surface area contributed by atoms with Gasteiger partial charge in [-0.2, -0.15) is 0 Å². The Kier molecular flexibility index (Phi) is 2.27. The van der Waals surface area contributed by atoms with Crippen molar-refractivity contribution in [2.75, 3.05) is 7.11 Å². The molecule has 0 aromatic rings. The Morgan fingerprint density at radius 1 is 1.60 bits per heavy atom. The minimum absolute atomic E-state index is 0.259. The van der Waals surface area contributed by atoms with Crippen molar-refractivity contribution in [3.8, 4) is 0 Å². The summed E-state index contributed by atoms with van der Waals surface area (Å²) in [5.41, 5.74) is 0. The number of aliphatic hydroxyl groups is 1. The van der Waals surface area contributed by atoms with Crippen LogP contribution in [0.15, 0.2) is 0 Å². The predicted octanol–water partition coefficient (Wildman–Crippen LogP) is 0.320. The number of hydrogen-bond donors (Lipinski definition) is 1. The topological polar surface area (TPSA) is 46.5 Å². The summed E-state index contributed by atoms with van der Waals surface area (Å²) in [5, 5.41) is 9.19. The molecule has 1 rings (SSSR count). The molecule has 0 saturated heterocycles. The molecular formula is C7H12O3. The number of carbonyl (C=O) groups excluding carboxylic acids is 1. The maximum Gasteiger partial charge on any atom is 0.311 e. The van der Waals surface area contributed by atoms with Crippen LogP contribution in [0.4, 0.5) is 0 Å². The fourth-order valence-electron chi connectivity index (χ4n) is 1.37. The van der Waals surface area contributed by atoms with E-state index in [9.17, 15) is 9.90 Å². The standard InChI is InChI=1S/C7H12O3/c1-10-7(9)5-3-2-4-6(5)8/h5-6,8H,2-4H2,1H3/t5-,6+/m0/s1. The number of methoxy groups -OCH3 is 1. The minimum atomic E-state index is -0.465. The van der Waals surface area contributed by atoms with Gasteiger partial charge in [-0.15, -0.1) is 0 Å². The van der Waals surface area contributed by atoms with Crippen molar-refractivity contribution in [1.29, 1.82) is 0 Å². The maximum atomic E-state index is 10.8. The second-order valence-corrected chi connectivity index (χ2v) is 2.63. The first-order valence-electron chi connectivity index (χ1n) is 3.51. The van der Waals surface area contributed by atoms with Crippen LogP contribution < -0.4 is 0 Å². The van der Waals surface area contributed by atoms with Gasteiger partial charge in [-0.05, 0) is 19.3 Å². The summed E-state index contributed by atoms with van der Waals surface area (Å²) in [7, 11) is 1.35. The highest BCUT2D eigenvalue weighted by molar-refractivity contribution is 5.73. The summed E-state index contributed by atoms with van der Waals surface area (Å²) >= 11 is 0. The van der Waals surface area contributed by atoms with Crippen molar-refractivity contribution < 1.29 is 14.6 Å². The largest absolute Gasteiger partial charge is 0.469 e. The summed E-state index contributed by atoms with van der Waals surface area (Å²) in [6.45, 7) is 0. The molecule has 3 heteroatoms. The highest BCUT2D eigenvalue weighted by atomic mass is 16.5. The lowest BCUT2D eigenvalue weighted by Gasteiger charge is -2.10. The molecule has 0 unspecified atom stereocenters. The van der Waals surface area contributed by atoms with E-state index in [4.69, 9.17) is 0 Å². The second-order valence-electron chi connectivity index (χ2n) is 2.63. The molecule has 1 N–H and O–H groups in total. The molecule has 0 bridgehead atoms.